The standard InChI is InChI=1S/C116H16Br2/c1-3-4-5-6-7-8-9-10-11-12-13-14-15-16-17-18-19-20-21-22-23-24-25-26-27-28-29-30-31-32-33-34-35-36-37-38-39-40-41-42-43-44-45-46-47-48-49-50-51-52-53-54-55-56-57-58-59-60-61-62-63-64-65-66-67-68-69-70-71-72-73-74-75-76-77-78-79-80-81-82-83-84-85-86-87-88-89-90-91-105-93-97-109-108-96-92-104(2)100-112(108)116(113(109)101-105)114-102-106(117)94-98-110(114)111-99-95-107(118)103-115(111)116/h1,92-103H,2H3. The lowest BCUT2D eigenvalue weighted by Crippen LogP contribution is -2.26. The molecule has 4 aromatic rings. The molecule has 0 radical (unpaired) electrons. The van der Waals surface area contributed by atoms with E-state index in [-0.39, 0.29) is 0 Å². The van der Waals surface area contributed by atoms with Crippen LogP contribution < -0.4 is 0 Å². The van der Waals surface area contributed by atoms with E-state index < -0.39 is 5.41 Å². The van der Waals surface area contributed by atoms with Gasteiger partial charge in [-0.2, -0.15) is 0 Å². The molecule has 0 amide bonds. The van der Waals surface area contributed by atoms with Gasteiger partial charge in [-0.15, -0.1) is 6.42 Å². The van der Waals surface area contributed by atoms with E-state index >= 15 is 0 Å². The number of fused-ring (bicyclic) bond motifs is 10. The molecule has 0 unspecified atom stereocenters. The zero-order chi connectivity index (χ0) is 82.8. The smallest absolute Gasteiger partial charge is 0.0726 e. The Morgan fingerprint density at radius 2 is 0.331 bits per heavy atom. The second-order valence-electron chi connectivity index (χ2n) is 19.1. The summed E-state index contributed by atoms with van der Waals surface area (Å²) in [5.74, 6) is 225. The van der Waals surface area contributed by atoms with Crippen LogP contribution in [0.3, 0.4) is 0 Å². The Labute approximate surface area is 709 Å². The van der Waals surface area contributed by atoms with Gasteiger partial charge >= 0.3 is 0 Å². The van der Waals surface area contributed by atoms with Gasteiger partial charge in [0.1, 0.15) is 0 Å². The van der Waals surface area contributed by atoms with E-state index in [0.717, 1.165) is 14.5 Å². The minimum atomic E-state index is -0.510. The van der Waals surface area contributed by atoms with Crippen molar-refractivity contribution in [2.75, 3.05) is 0 Å². The number of rotatable bonds is 0. The van der Waals surface area contributed by atoms with Crippen LogP contribution in [0.25, 0.3) is 22.3 Å². The van der Waals surface area contributed by atoms with Crippen molar-refractivity contribution in [3.63, 3.8) is 0 Å². The Morgan fingerprint density at radius 1 is 0.178 bits per heavy atom. The van der Waals surface area contributed by atoms with Crippen molar-refractivity contribution in [3.05, 3.63) is 115 Å². The fourth-order valence-corrected chi connectivity index (χ4v) is 8.88. The molecule has 0 saturated heterocycles. The summed E-state index contributed by atoms with van der Waals surface area (Å²) in [5.41, 5.74) is 11.3. The maximum atomic E-state index is 4.96. The minimum absolute atomic E-state index is 0.510. The van der Waals surface area contributed by atoms with Crippen molar-refractivity contribution in [3.8, 4) is 556 Å². The molecule has 2 aliphatic carbocycles. The van der Waals surface area contributed by atoms with Crippen molar-refractivity contribution < 1.29 is 0 Å². The molecular formula is C116H16Br2. The Balaban J connectivity index is 0.786. The summed E-state index contributed by atoms with van der Waals surface area (Å²) in [6.45, 7) is 2.14. The first-order valence-corrected chi connectivity index (χ1v) is 33.5. The highest BCUT2D eigenvalue weighted by Gasteiger charge is 2.52. The molecule has 0 saturated carbocycles. The monoisotopic (exact) mass is 1570 g/mol. The second-order valence-corrected chi connectivity index (χ2v) is 20.9. The molecule has 0 atom stereocenters. The zero-order valence-electron chi connectivity index (χ0n) is 60.3. The van der Waals surface area contributed by atoms with E-state index in [1.54, 1.807) is 0 Å². The molecule has 118 heavy (non-hydrogen) atoms. The third kappa shape index (κ3) is 35.2. The van der Waals surface area contributed by atoms with Gasteiger partial charge in [0.2, 0.25) is 0 Å². The summed E-state index contributed by atoms with van der Waals surface area (Å²) >= 11 is 7.54. The second kappa shape index (κ2) is 57.4. The summed E-state index contributed by atoms with van der Waals surface area (Å²) in [7, 11) is 0. The van der Waals surface area contributed by atoms with Gasteiger partial charge in [0, 0.05) is 441 Å². The number of benzene rings is 4. The maximum Gasteiger partial charge on any atom is 0.0726 e. The molecule has 0 nitrogen and oxygen atoms in total. The van der Waals surface area contributed by atoms with E-state index in [1.807, 2.05) is 6.07 Å². The molecule has 0 aromatic heterocycles. The van der Waals surface area contributed by atoms with Gasteiger partial charge in [-0.1, -0.05) is 79.7 Å². The first-order valence-electron chi connectivity index (χ1n) is 31.9. The Kier molecular flexibility index (Phi) is 41.3. The van der Waals surface area contributed by atoms with Gasteiger partial charge in [0.25, 0.3) is 0 Å². The first kappa shape index (κ1) is 85.0. The van der Waals surface area contributed by atoms with Gasteiger partial charge in [0.15, 0.2) is 0 Å². The van der Waals surface area contributed by atoms with E-state index in [0.29, 0.717) is 0 Å². The fourth-order valence-electron chi connectivity index (χ4n) is 8.16. The van der Waals surface area contributed by atoms with Crippen LogP contribution in [0, 0.1) is 540 Å². The van der Waals surface area contributed by atoms with E-state index in [9.17, 15) is 0 Å². The lowest BCUT2D eigenvalue weighted by Gasteiger charge is -2.31. The van der Waals surface area contributed by atoms with Crippen LogP contribution >= 0.6 is 31.9 Å². The number of terminal acetylenes is 1. The fraction of sp³-hybridized carbons (Fsp3) is 0.0172. The average Bonchev–Trinajstić information content (AvgIpc) is 1.51. The van der Waals surface area contributed by atoms with E-state index in [1.165, 1.54) is 50.1 Å². The third-order valence-electron chi connectivity index (χ3n) is 12.0. The lowest BCUT2D eigenvalue weighted by molar-refractivity contribution is 0.791. The van der Waals surface area contributed by atoms with Crippen molar-refractivity contribution >= 4 is 31.9 Å². The molecular weight excluding hydrogens is 1550 g/mol. The first-order chi connectivity index (χ1) is 58.5. The molecule has 494 valence electrons. The zero-order valence-corrected chi connectivity index (χ0v) is 63.4. The van der Waals surface area contributed by atoms with E-state index in [2.05, 4.69) is 632 Å². The number of halogens is 2. The topological polar surface area (TPSA) is 0 Å². The highest BCUT2D eigenvalue weighted by molar-refractivity contribution is 9.10. The maximum absolute atomic E-state index is 4.96. The molecule has 2 aliphatic rings. The Hall–Kier alpha value is -22.0. The number of hydrogen-bond donors (Lipinski definition) is 0. The Morgan fingerprint density at radius 3 is 0.525 bits per heavy atom. The largest absolute Gasteiger partial charge is 0.106 e. The average molecular weight is 1570 g/mol. The van der Waals surface area contributed by atoms with Gasteiger partial charge in [-0.3, -0.25) is 0 Å². The van der Waals surface area contributed by atoms with Crippen LogP contribution in [0.15, 0.2) is 81.7 Å². The van der Waals surface area contributed by atoms with Crippen molar-refractivity contribution in [1.29, 1.82) is 0 Å². The third-order valence-corrected chi connectivity index (χ3v) is 13.0. The molecule has 0 N–H and O–H groups in total. The lowest BCUT2D eigenvalue weighted by atomic mass is 9.70. The summed E-state index contributed by atoms with van der Waals surface area (Å²) in [5, 5.41) is 0. The van der Waals surface area contributed by atoms with Gasteiger partial charge < -0.3 is 0 Å². The highest BCUT2D eigenvalue weighted by Crippen LogP contribution is 2.63. The van der Waals surface area contributed by atoms with Crippen LogP contribution in [-0.4, -0.2) is 0 Å². The van der Waals surface area contributed by atoms with Crippen LogP contribution in [0.1, 0.15) is 33.4 Å². The SMILES string of the molecule is C#CC#CC#CC#CC#CC#CC#CC#CC#CC#CC#CC#CC#CC#CC#CC#CC#CC#CC#CC#CC#CC#CC#CC#CC#CC#CC#CC#CC#CC#CC#CC#CC#CC#CC#CC#CC#CC#CC#CC#CC#CC#CC#CC#CC#Cc1ccc2c(c1)C1(c3cc(C)ccc3-2)c2cc(Br)ccc2-c2ccc(Br)cc21. The summed E-state index contributed by atoms with van der Waals surface area (Å²) in [6.07, 6.45) is 4.96. The summed E-state index contributed by atoms with van der Waals surface area (Å²) < 4.78 is 2.05. The van der Waals surface area contributed by atoms with Crippen LogP contribution in [0.5, 0.6) is 0 Å². The van der Waals surface area contributed by atoms with Crippen molar-refractivity contribution in [2.24, 2.45) is 0 Å². The normalized spacial score (nSPS) is 6.56. The van der Waals surface area contributed by atoms with E-state index in [4.69, 9.17) is 6.42 Å². The van der Waals surface area contributed by atoms with Crippen LogP contribution in [-0.2, 0) is 5.41 Å². The highest BCUT2D eigenvalue weighted by atomic mass is 79.9. The van der Waals surface area contributed by atoms with Crippen molar-refractivity contribution in [2.45, 2.75) is 12.3 Å². The predicted molar refractivity (Wildman–Crippen MR) is 473 cm³/mol. The number of hydrogen-bond acceptors (Lipinski definition) is 0. The summed E-state index contributed by atoms with van der Waals surface area (Å²) in [4.78, 5) is 0. The van der Waals surface area contributed by atoms with Gasteiger partial charge in [-0.25, -0.2) is 0 Å². The minimum Gasteiger partial charge on any atom is -0.106 e. The molecule has 0 heterocycles. The molecule has 2 heteroatoms. The van der Waals surface area contributed by atoms with Crippen LogP contribution in [0.2, 0.25) is 0 Å². The molecule has 6 rings (SSSR count). The predicted octanol–water partition coefficient (Wildman–Crippen LogP) is 7.99. The molecule has 0 aliphatic heterocycles. The molecule has 4 aromatic carbocycles. The number of aryl methyl sites for hydroxylation is 1. The van der Waals surface area contributed by atoms with Crippen molar-refractivity contribution in [1.82, 2.24) is 0 Å². The summed E-state index contributed by atoms with van der Waals surface area (Å²) in [6, 6.07) is 26.3. The van der Waals surface area contributed by atoms with Gasteiger partial charge in [-0.05, 0) is 183 Å². The molecule has 0 fully saturated rings. The Bertz CT molecular complexity index is 8340. The molecule has 0 bridgehead atoms. The quantitative estimate of drug-likeness (QED) is 0.136. The van der Waals surface area contributed by atoms with Gasteiger partial charge in [0.05, 0.1) is 5.41 Å². The molecule has 1 spiro atoms. The van der Waals surface area contributed by atoms with Crippen LogP contribution in [0.4, 0.5) is 0 Å².